The molecule has 3 aromatic carbocycles. The van der Waals surface area contributed by atoms with E-state index in [-0.39, 0.29) is 6.42 Å². The Balaban J connectivity index is 1.72. The van der Waals surface area contributed by atoms with Crippen molar-refractivity contribution in [3.05, 3.63) is 76.4 Å². The minimum absolute atomic E-state index is 0.165. The van der Waals surface area contributed by atoms with E-state index in [2.05, 4.69) is 5.32 Å². The van der Waals surface area contributed by atoms with E-state index in [0.717, 1.165) is 46.9 Å². The first-order valence-electron chi connectivity index (χ1n) is 12.9. The number of aliphatic carboxylic acids is 1. The Morgan fingerprint density at radius 3 is 2.35 bits per heavy atom. The van der Waals surface area contributed by atoms with Gasteiger partial charge in [0, 0.05) is 18.6 Å². The van der Waals surface area contributed by atoms with Gasteiger partial charge in [-0.2, -0.15) is 0 Å². The van der Waals surface area contributed by atoms with Crippen LogP contribution in [0.25, 0.3) is 11.1 Å². The molecule has 4 rings (SSSR count). The summed E-state index contributed by atoms with van der Waals surface area (Å²) in [7, 11) is 3.14. The number of carbonyl (C=O) groups is 2. The van der Waals surface area contributed by atoms with Gasteiger partial charge in [-0.05, 0) is 60.7 Å². The van der Waals surface area contributed by atoms with Crippen LogP contribution in [0.3, 0.4) is 0 Å². The van der Waals surface area contributed by atoms with Gasteiger partial charge in [0.05, 0.1) is 33.0 Å². The molecule has 0 bridgehead atoms. The molecule has 0 aliphatic carbocycles. The van der Waals surface area contributed by atoms with E-state index < -0.39 is 35.1 Å². The van der Waals surface area contributed by atoms with Crippen LogP contribution in [-0.4, -0.2) is 50.5 Å². The van der Waals surface area contributed by atoms with E-state index in [9.17, 15) is 23.5 Å². The van der Waals surface area contributed by atoms with Gasteiger partial charge in [-0.3, -0.25) is 4.79 Å². The number of halogens is 2. The highest BCUT2D eigenvalue weighted by Gasteiger charge is 2.29. The highest BCUT2D eigenvalue weighted by Crippen LogP contribution is 2.45. The van der Waals surface area contributed by atoms with E-state index in [4.69, 9.17) is 18.9 Å². The molecule has 0 radical (unpaired) electrons. The first-order chi connectivity index (χ1) is 19.3. The Kier molecular flexibility index (Phi) is 9.21. The molecule has 8 nitrogen and oxygen atoms in total. The molecule has 1 amide bonds. The lowest BCUT2D eigenvalue weighted by Gasteiger charge is -2.26. The molecule has 1 atom stereocenters. The van der Waals surface area contributed by atoms with Gasteiger partial charge in [-0.1, -0.05) is 18.2 Å². The fourth-order valence-corrected chi connectivity index (χ4v) is 4.82. The van der Waals surface area contributed by atoms with E-state index in [0.29, 0.717) is 49.1 Å². The Labute approximate surface area is 230 Å². The number of rotatable bonds is 11. The number of carboxylic acids is 1. The third-order valence-electron chi connectivity index (χ3n) is 6.68. The molecule has 0 saturated carbocycles. The Morgan fingerprint density at radius 1 is 1.07 bits per heavy atom. The average molecular weight is 556 g/mol. The second-order valence-electron chi connectivity index (χ2n) is 9.21. The summed E-state index contributed by atoms with van der Waals surface area (Å²) in [5, 5.41) is 12.1. The smallest absolute Gasteiger partial charge is 0.326 e. The highest BCUT2D eigenvalue weighted by atomic mass is 19.1. The third kappa shape index (κ3) is 6.02. The van der Waals surface area contributed by atoms with E-state index >= 15 is 0 Å². The molecule has 1 aliphatic heterocycles. The minimum atomic E-state index is -1.46. The summed E-state index contributed by atoms with van der Waals surface area (Å²) in [5.74, 6) is -3.01. The van der Waals surface area contributed by atoms with Gasteiger partial charge in [0.2, 0.25) is 0 Å². The normalized spacial score (nSPS) is 13.1. The maximum atomic E-state index is 14.1. The molecule has 0 spiro atoms. The van der Waals surface area contributed by atoms with Crippen molar-refractivity contribution >= 4 is 11.9 Å². The summed E-state index contributed by atoms with van der Waals surface area (Å²) in [6, 6.07) is 8.85. The monoisotopic (exact) mass is 555 g/mol. The van der Waals surface area contributed by atoms with Crippen molar-refractivity contribution in [3.8, 4) is 28.4 Å². The predicted octanol–water partition coefficient (Wildman–Crippen LogP) is 4.94. The number of carbonyl (C=O) groups excluding carboxylic acids is 1. The highest BCUT2D eigenvalue weighted by molar-refractivity contribution is 5.97. The minimum Gasteiger partial charge on any atom is -0.496 e. The van der Waals surface area contributed by atoms with Gasteiger partial charge in [0.1, 0.15) is 40.5 Å². The number of nitrogens with one attached hydrogen (secondary N) is 1. The van der Waals surface area contributed by atoms with Crippen molar-refractivity contribution in [2.45, 2.75) is 38.8 Å². The first-order valence-corrected chi connectivity index (χ1v) is 12.9. The number of benzene rings is 3. The van der Waals surface area contributed by atoms with Crippen LogP contribution in [0.4, 0.5) is 8.78 Å². The zero-order valence-electron chi connectivity index (χ0n) is 22.5. The molecule has 0 saturated heterocycles. The summed E-state index contributed by atoms with van der Waals surface area (Å²) in [6.45, 7) is 3.29. The summed E-state index contributed by atoms with van der Waals surface area (Å²) in [5.41, 5.74) is 2.94. The second kappa shape index (κ2) is 12.8. The van der Waals surface area contributed by atoms with Crippen LogP contribution in [0.15, 0.2) is 42.5 Å². The third-order valence-corrected chi connectivity index (χ3v) is 6.68. The quantitative estimate of drug-likeness (QED) is 0.346. The van der Waals surface area contributed by atoms with Crippen LogP contribution in [0.1, 0.15) is 40.4 Å². The lowest BCUT2D eigenvalue weighted by Crippen LogP contribution is -2.43. The molecule has 0 aromatic heterocycles. The molecule has 0 fully saturated rings. The van der Waals surface area contributed by atoms with Gasteiger partial charge in [0.15, 0.2) is 0 Å². The molecular weight excluding hydrogens is 524 g/mol. The Hall–Kier alpha value is -4.18. The topological polar surface area (TPSA) is 103 Å². The molecule has 40 heavy (non-hydrogen) atoms. The molecule has 10 heteroatoms. The van der Waals surface area contributed by atoms with Crippen molar-refractivity contribution in [2.24, 2.45) is 0 Å². The number of hydrogen-bond donors (Lipinski definition) is 2. The van der Waals surface area contributed by atoms with Crippen LogP contribution >= 0.6 is 0 Å². The van der Waals surface area contributed by atoms with Crippen LogP contribution in [-0.2, 0) is 29.0 Å². The average Bonchev–Trinajstić information content (AvgIpc) is 2.95. The predicted molar refractivity (Wildman–Crippen MR) is 143 cm³/mol. The lowest BCUT2D eigenvalue weighted by atomic mass is 9.89. The molecule has 2 N–H and O–H groups in total. The molecule has 1 aliphatic rings. The lowest BCUT2D eigenvalue weighted by molar-refractivity contribution is -0.139. The number of fused-ring (bicyclic) bond motifs is 1. The summed E-state index contributed by atoms with van der Waals surface area (Å²) in [6.07, 6.45) is 1.22. The van der Waals surface area contributed by atoms with E-state index in [1.807, 2.05) is 25.1 Å². The van der Waals surface area contributed by atoms with Crippen LogP contribution < -0.4 is 19.5 Å². The van der Waals surface area contributed by atoms with E-state index in [1.54, 1.807) is 20.3 Å². The van der Waals surface area contributed by atoms with E-state index in [1.165, 1.54) is 0 Å². The van der Waals surface area contributed by atoms with Gasteiger partial charge in [-0.25, -0.2) is 13.6 Å². The van der Waals surface area contributed by atoms with Crippen LogP contribution in [0.2, 0.25) is 0 Å². The molecule has 1 heterocycles. The van der Waals surface area contributed by atoms with Crippen molar-refractivity contribution in [1.82, 2.24) is 5.32 Å². The van der Waals surface area contributed by atoms with Crippen molar-refractivity contribution in [2.75, 3.05) is 27.4 Å². The van der Waals surface area contributed by atoms with Gasteiger partial charge in [0.25, 0.3) is 5.91 Å². The number of amides is 1. The fourth-order valence-electron chi connectivity index (χ4n) is 4.82. The largest absolute Gasteiger partial charge is 0.496 e. The Bertz CT molecular complexity index is 1360. The molecule has 212 valence electrons. The van der Waals surface area contributed by atoms with Crippen LogP contribution in [0, 0.1) is 11.6 Å². The molecule has 3 aromatic rings. The first kappa shape index (κ1) is 28.8. The maximum absolute atomic E-state index is 14.1. The number of methoxy groups -OCH3 is 2. The summed E-state index contributed by atoms with van der Waals surface area (Å²) >= 11 is 0. The van der Waals surface area contributed by atoms with Crippen molar-refractivity contribution < 1.29 is 42.4 Å². The molecule has 1 unspecified atom stereocenters. The van der Waals surface area contributed by atoms with Gasteiger partial charge >= 0.3 is 5.97 Å². The second-order valence-corrected chi connectivity index (χ2v) is 9.21. The standard InChI is InChI=1S/C30H31F2NO7/c1-4-39-16-17-13-24(37-2)26(25(14-17)38-3)19-11-10-18(28-20(19)7-6-12-40-28)15-23(30(35)36)33-29(34)27-21(31)8-5-9-22(27)32/h5,8-11,13-14,23H,4,6-7,12,15-16H2,1-3H3,(H,33,34)(H,35,36). The van der Waals surface area contributed by atoms with Crippen molar-refractivity contribution in [3.63, 3.8) is 0 Å². The number of hydrogen-bond acceptors (Lipinski definition) is 6. The summed E-state index contributed by atoms with van der Waals surface area (Å²) < 4.78 is 51.3. The van der Waals surface area contributed by atoms with Crippen LogP contribution in [0.5, 0.6) is 17.2 Å². The van der Waals surface area contributed by atoms with Crippen molar-refractivity contribution in [1.29, 1.82) is 0 Å². The van der Waals surface area contributed by atoms with Gasteiger partial charge < -0.3 is 29.4 Å². The van der Waals surface area contributed by atoms with Gasteiger partial charge in [-0.15, -0.1) is 0 Å². The number of carboxylic acid groups (broad SMARTS) is 1. The maximum Gasteiger partial charge on any atom is 0.326 e. The zero-order chi connectivity index (χ0) is 28.8. The zero-order valence-corrected chi connectivity index (χ0v) is 22.5. The molecular formula is C30H31F2NO7. The number of ether oxygens (including phenoxy) is 4. The summed E-state index contributed by atoms with van der Waals surface area (Å²) in [4.78, 5) is 24.7. The Morgan fingerprint density at radius 2 is 1.75 bits per heavy atom. The SMILES string of the molecule is CCOCc1cc(OC)c(-c2ccc(CC(NC(=O)c3c(F)cccc3F)C(=O)O)c3c2CCCO3)c(OC)c1. The fraction of sp³-hybridized carbons (Fsp3) is 0.333.